The molecule has 0 unspecified atom stereocenters. The lowest BCUT2D eigenvalue weighted by atomic mass is 9.97. The zero-order valence-electron chi connectivity index (χ0n) is 26.7. The van der Waals surface area contributed by atoms with E-state index < -0.39 is 17.9 Å². The molecule has 0 amide bonds. The van der Waals surface area contributed by atoms with Gasteiger partial charge in [-0.25, -0.2) is 14.8 Å². The Labute approximate surface area is 277 Å². The van der Waals surface area contributed by atoms with Crippen LogP contribution in [0.1, 0.15) is 54.2 Å². The molecular formula is C37H36F3N5O3. The highest BCUT2D eigenvalue weighted by molar-refractivity contribution is 5.80. The molecule has 0 radical (unpaired) electrons. The molecule has 3 heterocycles. The number of rotatable bonds is 9. The zero-order chi connectivity index (χ0) is 33.7. The number of alkyl halides is 3. The molecule has 1 saturated heterocycles. The minimum absolute atomic E-state index is 0.0222. The molecule has 0 spiro atoms. The number of pyridine rings is 1. The number of hydrogen-bond donors (Lipinski definition) is 1. The van der Waals surface area contributed by atoms with Gasteiger partial charge in [-0.1, -0.05) is 72.8 Å². The summed E-state index contributed by atoms with van der Waals surface area (Å²) in [5.41, 5.74) is 3.49. The molecule has 11 heteroatoms. The van der Waals surface area contributed by atoms with E-state index in [2.05, 4.69) is 10.3 Å². The van der Waals surface area contributed by atoms with E-state index in [0.29, 0.717) is 48.7 Å². The van der Waals surface area contributed by atoms with Crippen molar-refractivity contribution >= 4 is 12.0 Å². The molecule has 0 aliphatic carbocycles. The van der Waals surface area contributed by atoms with Crippen LogP contribution in [0.15, 0.2) is 103 Å². The number of aromatic nitrogens is 3. The SMILES string of the molecule is C[C@H](Nc1cc(-c2c(-c3cccc(C(F)(F)F)c3)nc(C3CCN(OC(=O)OCc4ccccc4)CC3)n2C)ccn1)c1ccccc1. The summed E-state index contributed by atoms with van der Waals surface area (Å²) in [6.45, 7) is 3.06. The van der Waals surface area contributed by atoms with Crippen LogP contribution in [0.2, 0.25) is 0 Å². The second-order valence-electron chi connectivity index (χ2n) is 11.8. The summed E-state index contributed by atoms with van der Waals surface area (Å²) in [6, 6.07) is 28.3. The van der Waals surface area contributed by atoms with Crippen LogP contribution in [0.25, 0.3) is 22.5 Å². The molecule has 0 saturated carbocycles. The van der Waals surface area contributed by atoms with Gasteiger partial charge in [0, 0.05) is 49.4 Å². The lowest BCUT2D eigenvalue weighted by molar-refractivity contribution is -0.141. The van der Waals surface area contributed by atoms with Crippen LogP contribution in [-0.4, -0.2) is 38.8 Å². The third-order valence-electron chi connectivity index (χ3n) is 8.51. The summed E-state index contributed by atoms with van der Waals surface area (Å²) in [6.07, 6.45) is -2.34. The molecule has 48 heavy (non-hydrogen) atoms. The van der Waals surface area contributed by atoms with Crippen molar-refractivity contribution in [3.63, 3.8) is 0 Å². The Morgan fingerprint density at radius 2 is 1.65 bits per heavy atom. The third-order valence-corrected chi connectivity index (χ3v) is 8.51. The minimum atomic E-state index is -4.50. The summed E-state index contributed by atoms with van der Waals surface area (Å²) < 4.78 is 48.5. The average Bonchev–Trinajstić information content (AvgIpc) is 3.45. The normalized spacial score (nSPS) is 14.8. The molecule has 1 fully saturated rings. The van der Waals surface area contributed by atoms with E-state index in [-0.39, 0.29) is 18.6 Å². The average molecular weight is 656 g/mol. The zero-order valence-corrected chi connectivity index (χ0v) is 26.7. The molecule has 1 atom stereocenters. The number of piperidine rings is 1. The first kappa shape index (κ1) is 32.8. The summed E-state index contributed by atoms with van der Waals surface area (Å²) in [7, 11) is 1.89. The number of ether oxygens (including phenoxy) is 1. The topological polar surface area (TPSA) is 81.5 Å². The lowest BCUT2D eigenvalue weighted by Gasteiger charge is -2.29. The van der Waals surface area contributed by atoms with E-state index in [1.165, 1.54) is 6.07 Å². The number of hydroxylamine groups is 2. The molecule has 1 N–H and O–H groups in total. The Morgan fingerprint density at radius 3 is 2.35 bits per heavy atom. The standard InChI is InChI=1S/C37H36F3N5O3/c1-25(27-12-7-4-8-13-27)42-32-23-30(16-19-41-32)34-33(29-14-9-15-31(22-29)37(38,39)40)43-35(44(34)2)28-17-20-45(21-18-28)48-36(46)47-24-26-10-5-3-6-11-26/h3-16,19,22-23,25,28H,17-18,20-21,24H2,1-2H3,(H,41,42)/t25-/m0/s1. The first-order chi connectivity index (χ1) is 23.2. The maximum atomic E-state index is 13.8. The smallest absolute Gasteiger partial charge is 0.428 e. The lowest BCUT2D eigenvalue weighted by Crippen LogP contribution is -2.35. The summed E-state index contributed by atoms with van der Waals surface area (Å²) in [4.78, 5) is 27.3. The first-order valence-corrected chi connectivity index (χ1v) is 15.8. The Hall–Kier alpha value is -5.16. The molecule has 3 aromatic carbocycles. The maximum absolute atomic E-state index is 13.8. The molecule has 5 aromatic rings. The van der Waals surface area contributed by atoms with Gasteiger partial charge in [0.2, 0.25) is 0 Å². The van der Waals surface area contributed by atoms with Crippen molar-refractivity contribution < 1.29 is 27.5 Å². The fraction of sp³-hybridized carbons (Fsp3) is 0.270. The number of carbonyl (C=O) groups is 1. The fourth-order valence-corrected chi connectivity index (χ4v) is 6.01. The van der Waals surface area contributed by atoms with Gasteiger partial charge >= 0.3 is 12.3 Å². The van der Waals surface area contributed by atoms with Crippen molar-refractivity contribution in [2.24, 2.45) is 7.05 Å². The van der Waals surface area contributed by atoms with Crippen LogP contribution in [0, 0.1) is 0 Å². The minimum Gasteiger partial charge on any atom is -0.428 e. The van der Waals surface area contributed by atoms with Gasteiger partial charge in [-0.2, -0.15) is 13.2 Å². The quantitative estimate of drug-likeness (QED) is 0.159. The van der Waals surface area contributed by atoms with Crippen molar-refractivity contribution in [2.75, 3.05) is 18.4 Å². The highest BCUT2D eigenvalue weighted by atomic mass is 19.4. The Morgan fingerprint density at radius 1 is 0.938 bits per heavy atom. The predicted molar refractivity (Wildman–Crippen MR) is 177 cm³/mol. The molecular weight excluding hydrogens is 619 g/mol. The third kappa shape index (κ3) is 7.69. The van der Waals surface area contributed by atoms with Gasteiger partial charge in [-0.05, 0) is 55.2 Å². The number of carbonyl (C=O) groups excluding carboxylic acids is 1. The van der Waals surface area contributed by atoms with E-state index in [9.17, 15) is 18.0 Å². The van der Waals surface area contributed by atoms with Gasteiger partial charge in [0.05, 0.1) is 17.0 Å². The second-order valence-corrected chi connectivity index (χ2v) is 11.8. The van der Waals surface area contributed by atoms with E-state index >= 15 is 0 Å². The number of anilines is 1. The Balaban J connectivity index is 1.25. The van der Waals surface area contributed by atoms with Gasteiger partial charge < -0.3 is 19.5 Å². The molecule has 1 aliphatic heterocycles. The van der Waals surface area contributed by atoms with E-state index in [1.807, 2.05) is 91.3 Å². The van der Waals surface area contributed by atoms with Crippen molar-refractivity contribution in [3.05, 3.63) is 126 Å². The van der Waals surface area contributed by atoms with E-state index in [1.54, 1.807) is 17.3 Å². The molecule has 2 aromatic heterocycles. The molecule has 0 bridgehead atoms. The number of imidazole rings is 1. The number of benzene rings is 3. The molecule has 6 rings (SSSR count). The van der Waals surface area contributed by atoms with Gasteiger partial charge in [0.25, 0.3) is 0 Å². The maximum Gasteiger partial charge on any atom is 0.528 e. The second kappa shape index (κ2) is 14.3. The highest BCUT2D eigenvalue weighted by Gasteiger charge is 2.32. The number of hydrogen-bond acceptors (Lipinski definition) is 7. The number of nitrogens with one attached hydrogen (secondary N) is 1. The van der Waals surface area contributed by atoms with Crippen LogP contribution in [0.5, 0.6) is 0 Å². The van der Waals surface area contributed by atoms with Crippen LogP contribution in [0.4, 0.5) is 23.8 Å². The summed E-state index contributed by atoms with van der Waals surface area (Å²) in [5.74, 6) is 1.35. The summed E-state index contributed by atoms with van der Waals surface area (Å²) >= 11 is 0. The number of nitrogens with zero attached hydrogens (tertiary/aromatic N) is 4. The largest absolute Gasteiger partial charge is 0.528 e. The van der Waals surface area contributed by atoms with Crippen LogP contribution in [-0.2, 0) is 29.4 Å². The monoisotopic (exact) mass is 655 g/mol. The van der Waals surface area contributed by atoms with Crippen LogP contribution >= 0.6 is 0 Å². The molecule has 1 aliphatic rings. The summed E-state index contributed by atoms with van der Waals surface area (Å²) in [5, 5.41) is 5.02. The first-order valence-electron chi connectivity index (χ1n) is 15.8. The van der Waals surface area contributed by atoms with Crippen molar-refractivity contribution in [3.8, 4) is 22.5 Å². The highest BCUT2D eigenvalue weighted by Crippen LogP contribution is 2.39. The Bertz CT molecular complexity index is 1840. The molecule has 8 nitrogen and oxygen atoms in total. The van der Waals surface area contributed by atoms with Gasteiger partial charge in [-0.15, -0.1) is 5.06 Å². The van der Waals surface area contributed by atoms with Crippen LogP contribution < -0.4 is 5.32 Å². The van der Waals surface area contributed by atoms with Crippen molar-refractivity contribution in [2.45, 2.75) is 44.5 Å². The van der Waals surface area contributed by atoms with Gasteiger partial charge in [0.15, 0.2) is 0 Å². The predicted octanol–water partition coefficient (Wildman–Crippen LogP) is 8.79. The molecule has 248 valence electrons. The van der Waals surface area contributed by atoms with E-state index in [4.69, 9.17) is 14.6 Å². The van der Waals surface area contributed by atoms with Gasteiger partial charge in [0.1, 0.15) is 18.2 Å². The Kier molecular flexibility index (Phi) is 9.77. The van der Waals surface area contributed by atoms with Gasteiger partial charge in [-0.3, -0.25) is 0 Å². The van der Waals surface area contributed by atoms with Crippen molar-refractivity contribution in [1.82, 2.24) is 19.6 Å². The van der Waals surface area contributed by atoms with E-state index in [0.717, 1.165) is 34.6 Å². The van der Waals surface area contributed by atoms with Crippen LogP contribution in [0.3, 0.4) is 0 Å². The number of halogens is 3. The van der Waals surface area contributed by atoms with Crippen molar-refractivity contribution in [1.29, 1.82) is 0 Å². The fourth-order valence-electron chi connectivity index (χ4n) is 6.01.